The van der Waals surface area contributed by atoms with Gasteiger partial charge in [-0.2, -0.15) is 5.26 Å². The van der Waals surface area contributed by atoms with E-state index in [9.17, 15) is 8.78 Å². The minimum absolute atomic E-state index is 0.0247. The minimum atomic E-state index is -0.746. The van der Waals surface area contributed by atoms with Crippen LogP contribution < -0.4 is 0 Å². The van der Waals surface area contributed by atoms with E-state index in [2.05, 4.69) is 21.6 Å². The zero-order chi connectivity index (χ0) is 15.5. The molecule has 2 aromatic carbocycles. The summed E-state index contributed by atoms with van der Waals surface area (Å²) in [6.45, 7) is 0.139. The van der Waals surface area contributed by atoms with Gasteiger partial charge >= 0.3 is 0 Å². The van der Waals surface area contributed by atoms with Gasteiger partial charge in [0.25, 0.3) is 0 Å². The minimum Gasteiger partial charge on any atom is -0.221 e. The third kappa shape index (κ3) is 2.42. The predicted molar refractivity (Wildman–Crippen MR) is 73.4 cm³/mol. The first kappa shape index (κ1) is 13.8. The van der Waals surface area contributed by atoms with E-state index in [1.807, 2.05) is 0 Å². The second kappa shape index (κ2) is 5.69. The van der Waals surface area contributed by atoms with E-state index in [1.54, 1.807) is 24.3 Å². The van der Waals surface area contributed by atoms with E-state index in [0.29, 0.717) is 11.1 Å². The van der Waals surface area contributed by atoms with Crippen LogP contribution in [-0.4, -0.2) is 20.2 Å². The Hall–Kier alpha value is -3.14. The normalized spacial score (nSPS) is 10.4. The van der Waals surface area contributed by atoms with Gasteiger partial charge in [-0.05, 0) is 34.2 Å². The Bertz CT molecular complexity index is 846. The predicted octanol–water partition coefficient (Wildman–Crippen LogP) is 2.54. The molecular weight excluding hydrogens is 288 g/mol. The topological polar surface area (TPSA) is 67.4 Å². The molecule has 0 aliphatic heterocycles. The maximum absolute atomic E-state index is 13.9. The van der Waals surface area contributed by atoms with Crippen molar-refractivity contribution >= 4 is 0 Å². The second-order valence-electron chi connectivity index (χ2n) is 4.53. The molecule has 0 aliphatic rings. The van der Waals surface area contributed by atoms with Crippen LogP contribution in [0.5, 0.6) is 0 Å². The Balaban J connectivity index is 2.05. The molecule has 7 heteroatoms. The van der Waals surface area contributed by atoms with Crippen LogP contribution in [0, 0.1) is 23.0 Å². The van der Waals surface area contributed by atoms with Crippen LogP contribution in [0.4, 0.5) is 8.78 Å². The summed E-state index contributed by atoms with van der Waals surface area (Å²) in [5.41, 5.74) is 0.829. The zero-order valence-corrected chi connectivity index (χ0v) is 11.2. The number of hydrogen-bond donors (Lipinski definition) is 0. The lowest BCUT2D eigenvalue weighted by molar-refractivity contribution is 0.580. The lowest BCUT2D eigenvalue weighted by Gasteiger charge is -2.07. The van der Waals surface area contributed by atoms with Gasteiger partial charge in [0.1, 0.15) is 11.6 Å². The van der Waals surface area contributed by atoms with Crippen LogP contribution in [0.3, 0.4) is 0 Å². The molecule has 0 fully saturated rings. The number of nitriles is 1. The quantitative estimate of drug-likeness (QED) is 0.745. The summed E-state index contributed by atoms with van der Waals surface area (Å²) in [5, 5.41) is 20.0. The van der Waals surface area contributed by atoms with E-state index in [0.717, 1.165) is 12.1 Å². The van der Waals surface area contributed by atoms with Gasteiger partial charge in [-0.15, -0.1) is 5.10 Å². The summed E-state index contributed by atoms with van der Waals surface area (Å²) in [5.74, 6) is -1.52. The monoisotopic (exact) mass is 297 g/mol. The van der Waals surface area contributed by atoms with Gasteiger partial charge in [-0.25, -0.2) is 13.5 Å². The molecule has 0 radical (unpaired) electrons. The fourth-order valence-corrected chi connectivity index (χ4v) is 2.13. The maximum atomic E-state index is 13.9. The van der Waals surface area contributed by atoms with Gasteiger partial charge in [0.15, 0.2) is 5.82 Å². The summed E-state index contributed by atoms with van der Waals surface area (Å²) in [6.07, 6.45) is 0. The fraction of sp³-hybridized carbons (Fsp3) is 0.0667. The zero-order valence-electron chi connectivity index (χ0n) is 11.2. The van der Waals surface area contributed by atoms with E-state index >= 15 is 0 Å². The van der Waals surface area contributed by atoms with Gasteiger partial charge in [-0.3, -0.25) is 0 Å². The molecule has 108 valence electrons. The molecule has 0 amide bonds. The standard InChI is InChI=1S/C15H9F2N5/c16-12-6-3-7-13(17)14(12)15-19-20-21-22(15)9-11-5-2-1-4-10(11)8-18/h1-7H,9H2. The Kier molecular flexibility index (Phi) is 3.58. The van der Waals surface area contributed by atoms with Crippen LogP contribution in [0.25, 0.3) is 11.4 Å². The molecule has 0 spiro atoms. The summed E-state index contributed by atoms with van der Waals surface area (Å²) in [4.78, 5) is 0. The second-order valence-corrected chi connectivity index (χ2v) is 4.53. The number of halogens is 2. The third-order valence-electron chi connectivity index (χ3n) is 3.18. The largest absolute Gasteiger partial charge is 0.221 e. The number of hydrogen-bond acceptors (Lipinski definition) is 4. The van der Waals surface area contributed by atoms with E-state index in [-0.39, 0.29) is 17.9 Å². The van der Waals surface area contributed by atoms with Crippen LogP contribution >= 0.6 is 0 Å². The first-order valence-corrected chi connectivity index (χ1v) is 6.39. The molecule has 3 aromatic rings. The Morgan fingerprint density at radius 1 is 1.05 bits per heavy atom. The SMILES string of the molecule is N#Cc1ccccc1Cn1nnnc1-c1c(F)cccc1F. The average Bonchev–Trinajstić information content (AvgIpc) is 2.96. The number of rotatable bonds is 3. The van der Waals surface area contributed by atoms with E-state index < -0.39 is 11.6 Å². The summed E-state index contributed by atoms with van der Waals surface area (Å²) in [7, 11) is 0. The lowest BCUT2D eigenvalue weighted by atomic mass is 10.1. The van der Waals surface area contributed by atoms with Crippen LogP contribution in [0.2, 0.25) is 0 Å². The molecule has 1 heterocycles. The van der Waals surface area contributed by atoms with Gasteiger partial charge in [0.05, 0.1) is 23.7 Å². The molecule has 22 heavy (non-hydrogen) atoms. The van der Waals surface area contributed by atoms with E-state index in [1.165, 1.54) is 10.7 Å². The number of nitrogens with zero attached hydrogens (tertiary/aromatic N) is 5. The Morgan fingerprint density at radius 3 is 2.50 bits per heavy atom. The molecule has 0 atom stereocenters. The average molecular weight is 297 g/mol. The summed E-state index contributed by atoms with van der Waals surface area (Å²) < 4.78 is 29.0. The molecule has 0 saturated heterocycles. The molecule has 0 unspecified atom stereocenters. The van der Waals surface area contributed by atoms with Crippen molar-refractivity contribution in [1.29, 1.82) is 5.26 Å². The number of aromatic nitrogens is 4. The molecular formula is C15H9F2N5. The maximum Gasteiger partial charge on any atom is 0.188 e. The molecule has 0 bridgehead atoms. The number of tetrazole rings is 1. The Morgan fingerprint density at radius 2 is 1.77 bits per heavy atom. The lowest BCUT2D eigenvalue weighted by Crippen LogP contribution is -2.07. The van der Waals surface area contributed by atoms with Crippen molar-refractivity contribution in [3.63, 3.8) is 0 Å². The molecule has 1 aromatic heterocycles. The van der Waals surface area contributed by atoms with Crippen LogP contribution in [0.1, 0.15) is 11.1 Å². The van der Waals surface area contributed by atoms with Crippen molar-refractivity contribution in [3.8, 4) is 17.5 Å². The van der Waals surface area contributed by atoms with Crippen molar-refractivity contribution in [2.45, 2.75) is 6.54 Å². The van der Waals surface area contributed by atoms with Gasteiger partial charge in [0, 0.05) is 0 Å². The van der Waals surface area contributed by atoms with E-state index in [4.69, 9.17) is 5.26 Å². The summed E-state index contributed by atoms with van der Waals surface area (Å²) in [6, 6.07) is 12.5. The Labute approximate surface area is 124 Å². The first-order valence-electron chi connectivity index (χ1n) is 6.39. The van der Waals surface area contributed by atoms with Crippen molar-refractivity contribution in [2.75, 3.05) is 0 Å². The highest BCUT2D eigenvalue weighted by Gasteiger charge is 2.18. The highest BCUT2D eigenvalue weighted by Crippen LogP contribution is 2.24. The van der Waals surface area contributed by atoms with Crippen molar-refractivity contribution in [2.24, 2.45) is 0 Å². The van der Waals surface area contributed by atoms with Crippen molar-refractivity contribution in [3.05, 3.63) is 65.2 Å². The fourth-order valence-electron chi connectivity index (χ4n) is 2.13. The van der Waals surface area contributed by atoms with Crippen LogP contribution in [-0.2, 0) is 6.54 Å². The highest BCUT2D eigenvalue weighted by atomic mass is 19.1. The van der Waals surface area contributed by atoms with Gasteiger partial charge in [-0.1, -0.05) is 24.3 Å². The van der Waals surface area contributed by atoms with Crippen LogP contribution in [0.15, 0.2) is 42.5 Å². The van der Waals surface area contributed by atoms with Gasteiger partial charge < -0.3 is 0 Å². The molecule has 0 saturated carbocycles. The smallest absolute Gasteiger partial charge is 0.188 e. The first-order chi connectivity index (χ1) is 10.7. The third-order valence-corrected chi connectivity index (χ3v) is 3.18. The van der Waals surface area contributed by atoms with Crippen molar-refractivity contribution < 1.29 is 8.78 Å². The summed E-state index contributed by atoms with van der Waals surface area (Å²) >= 11 is 0. The molecule has 0 N–H and O–H groups in total. The van der Waals surface area contributed by atoms with Crippen molar-refractivity contribution in [1.82, 2.24) is 20.2 Å². The molecule has 3 rings (SSSR count). The highest BCUT2D eigenvalue weighted by molar-refractivity contribution is 5.56. The number of benzene rings is 2. The van der Waals surface area contributed by atoms with Gasteiger partial charge in [0.2, 0.25) is 0 Å². The molecule has 0 aliphatic carbocycles. The molecule has 5 nitrogen and oxygen atoms in total.